The summed E-state index contributed by atoms with van der Waals surface area (Å²) in [5, 5.41) is 13.2. The number of halogens is 1. The molecule has 1 aromatic heterocycles. The third-order valence-corrected chi connectivity index (χ3v) is 5.59. The number of hydrogen-bond donors (Lipinski definition) is 3. The highest BCUT2D eigenvalue weighted by molar-refractivity contribution is 9.10. The molecule has 3 atom stereocenters. The van der Waals surface area contributed by atoms with Crippen molar-refractivity contribution in [3.63, 3.8) is 0 Å². The maximum Gasteiger partial charge on any atom is 0.407 e. The third kappa shape index (κ3) is 4.62. The zero-order valence-electron chi connectivity index (χ0n) is 16.6. The van der Waals surface area contributed by atoms with Gasteiger partial charge in [0.25, 0.3) is 0 Å². The summed E-state index contributed by atoms with van der Waals surface area (Å²) in [6.45, 7) is 4.07. The number of aliphatic hydroxyl groups is 1. The number of rotatable bonds is 5. The Morgan fingerprint density at radius 3 is 2.66 bits per heavy atom. The van der Waals surface area contributed by atoms with E-state index in [-0.39, 0.29) is 11.8 Å². The van der Waals surface area contributed by atoms with Crippen LogP contribution in [-0.4, -0.2) is 57.8 Å². The van der Waals surface area contributed by atoms with Gasteiger partial charge in [-0.1, -0.05) is 41.9 Å². The molecule has 1 aliphatic rings. The molecule has 2 heterocycles. The number of nitrogens with zero attached hydrogens (tertiary/aromatic N) is 2. The number of aromatic amines is 1. The molecule has 3 rings (SSSR count). The molecular weight excluding hydrogens is 440 g/mol. The lowest BCUT2D eigenvalue weighted by atomic mass is 10.0. The Labute approximate surface area is 177 Å². The van der Waals surface area contributed by atoms with Crippen LogP contribution in [0.15, 0.2) is 34.9 Å². The fraction of sp³-hybridized carbons (Fsp3) is 0.450. The maximum atomic E-state index is 13.2. The fourth-order valence-corrected chi connectivity index (χ4v) is 3.75. The number of aliphatic hydroxyl groups excluding tert-OH is 1. The van der Waals surface area contributed by atoms with E-state index in [0.717, 1.165) is 15.7 Å². The number of ether oxygens (including phenoxy) is 1. The van der Waals surface area contributed by atoms with Crippen LogP contribution in [0.5, 0.6) is 0 Å². The van der Waals surface area contributed by atoms with Crippen LogP contribution in [0, 0.1) is 5.92 Å². The van der Waals surface area contributed by atoms with Crippen LogP contribution in [0.2, 0.25) is 0 Å². The molecule has 9 heteroatoms. The smallest absolute Gasteiger partial charge is 0.407 e. The average molecular weight is 465 g/mol. The van der Waals surface area contributed by atoms with Crippen LogP contribution in [0.25, 0.3) is 11.3 Å². The van der Waals surface area contributed by atoms with Crippen molar-refractivity contribution in [3.05, 3.63) is 40.8 Å². The summed E-state index contributed by atoms with van der Waals surface area (Å²) in [4.78, 5) is 34.2. The minimum atomic E-state index is -0.754. The summed E-state index contributed by atoms with van der Waals surface area (Å²) in [5.41, 5.74) is 1.65. The monoisotopic (exact) mass is 464 g/mol. The molecular formula is C20H25BrN4O4. The van der Waals surface area contributed by atoms with Crippen molar-refractivity contribution in [2.24, 2.45) is 5.92 Å². The summed E-state index contributed by atoms with van der Waals surface area (Å²) < 4.78 is 5.62. The van der Waals surface area contributed by atoms with Crippen LogP contribution in [0.4, 0.5) is 4.79 Å². The normalized spacial score (nSPS) is 20.0. The number of alkyl carbamates (subject to hydrolysis) is 1. The van der Waals surface area contributed by atoms with E-state index in [1.54, 1.807) is 11.1 Å². The number of likely N-dealkylation sites (tertiary alicyclic amines) is 1. The molecule has 0 radical (unpaired) electrons. The number of hydrogen-bond acceptors (Lipinski definition) is 5. The van der Waals surface area contributed by atoms with Gasteiger partial charge in [-0.3, -0.25) is 4.79 Å². The Balaban J connectivity index is 1.85. The Morgan fingerprint density at radius 2 is 2.03 bits per heavy atom. The van der Waals surface area contributed by atoms with Crippen molar-refractivity contribution in [3.8, 4) is 11.3 Å². The number of benzene rings is 1. The number of nitrogens with one attached hydrogen (secondary N) is 2. The lowest BCUT2D eigenvalue weighted by Gasteiger charge is -2.30. The lowest BCUT2D eigenvalue weighted by molar-refractivity contribution is -0.136. The first-order chi connectivity index (χ1) is 13.8. The van der Waals surface area contributed by atoms with Crippen LogP contribution in [0.1, 0.15) is 32.1 Å². The zero-order valence-corrected chi connectivity index (χ0v) is 18.1. The minimum Gasteiger partial charge on any atom is -0.453 e. The second kappa shape index (κ2) is 8.96. The molecule has 8 nitrogen and oxygen atoms in total. The van der Waals surface area contributed by atoms with Crippen molar-refractivity contribution in [1.29, 1.82) is 0 Å². The quantitative estimate of drug-likeness (QED) is 0.630. The second-order valence-corrected chi connectivity index (χ2v) is 8.28. The van der Waals surface area contributed by atoms with Gasteiger partial charge in [0.2, 0.25) is 5.91 Å². The van der Waals surface area contributed by atoms with Gasteiger partial charge in [-0.25, -0.2) is 9.78 Å². The molecule has 2 unspecified atom stereocenters. The molecule has 0 saturated carbocycles. The van der Waals surface area contributed by atoms with Gasteiger partial charge in [-0.2, -0.15) is 0 Å². The first-order valence-electron chi connectivity index (χ1n) is 9.46. The summed E-state index contributed by atoms with van der Waals surface area (Å²) in [6.07, 6.45) is 0.796. The highest BCUT2D eigenvalue weighted by atomic mass is 79.9. The molecule has 1 aromatic carbocycles. The van der Waals surface area contributed by atoms with E-state index in [0.29, 0.717) is 18.8 Å². The molecule has 29 heavy (non-hydrogen) atoms. The first kappa shape index (κ1) is 21.3. The molecule has 0 aliphatic carbocycles. The predicted molar refractivity (Wildman–Crippen MR) is 111 cm³/mol. The van der Waals surface area contributed by atoms with E-state index >= 15 is 0 Å². The van der Waals surface area contributed by atoms with Gasteiger partial charge < -0.3 is 25.0 Å². The molecule has 0 bridgehead atoms. The van der Waals surface area contributed by atoms with Gasteiger partial charge >= 0.3 is 6.09 Å². The van der Waals surface area contributed by atoms with E-state index in [1.807, 2.05) is 38.1 Å². The topological polar surface area (TPSA) is 108 Å². The highest BCUT2D eigenvalue weighted by Gasteiger charge is 2.42. The molecule has 1 saturated heterocycles. The zero-order chi connectivity index (χ0) is 21.1. The standard InChI is InChI=1S/C20H25BrN4O4/c1-11(2)16(24-20(28)29-3)19(27)25-9-8-15(26)17(25)18-22-10-14(23-18)12-4-6-13(21)7-5-12/h4-7,10-11,15-17,26H,8-9H2,1-3H3,(H,22,23)(H,24,28)/t15?,16?,17-/m0/s1. The van der Waals surface area contributed by atoms with E-state index in [4.69, 9.17) is 0 Å². The van der Waals surface area contributed by atoms with Gasteiger partial charge in [0.05, 0.1) is 18.9 Å². The maximum absolute atomic E-state index is 13.2. The van der Waals surface area contributed by atoms with Crippen LogP contribution >= 0.6 is 15.9 Å². The summed E-state index contributed by atoms with van der Waals surface area (Å²) in [7, 11) is 1.26. The van der Waals surface area contributed by atoms with Crippen molar-refractivity contribution < 1.29 is 19.4 Å². The van der Waals surface area contributed by atoms with E-state index < -0.39 is 24.3 Å². The van der Waals surface area contributed by atoms with Crippen molar-refractivity contribution in [2.75, 3.05) is 13.7 Å². The number of imidazole rings is 1. The number of carbonyl (C=O) groups excluding carboxylic acids is 2. The number of aromatic nitrogens is 2. The lowest BCUT2D eigenvalue weighted by Crippen LogP contribution is -2.51. The highest BCUT2D eigenvalue weighted by Crippen LogP contribution is 2.33. The predicted octanol–water partition coefficient (Wildman–Crippen LogP) is 2.85. The van der Waals surface area contributed by atoms with E-state index in [9.17, 15) is 14.7 Å². The van der Waals surface area contributed by atoms with Gasteiger partial charge in [0.1, 0.15) is 17.9 Å². The molecule has 2 aromatic rings. The van der Waals surface area contributed by atoms with Gasteiger partial charge in [0, 0.05) is 22.8 Å². The largest absolute Gasteiger partial charge is 0.453 e. The van der Waals surface area contributed by atoms with Crippen molar-refractivity contribution in [1.82, 2.24) is 20.2 Å². The molecule has 3 N–H and O–H groups in total. The molecule has 0 spiro atoms. The van der Waals surface area contributed by atoms with Crippen molar-refractivity contribution >= 4 is 27.9 Å². The van der Waals surface area contributed by atoms with Crippen LogP contribution < -0.4 is 5.32 Å². The van der Waals surface area contributed by atoms with Crippen LogP contribution in [0.3, 0.4) is 0 Å². The van der Waals surface area contributed by atoms with E-state index in [1.165, 1.54) is 7.11 Å². The summed E-state index contributed by atoms with van der Waals surface area (Å²) in [6, 6.07) is 6.37. The average Bonchev–Trinajstić information content (AvgIpc) is 3.32. The number of carbonyl (C=O) groups is 2. The molecule has 2 amide bonds. The Bertz CT molecular complexity index is 868. The second-order valence-electron chi connectivity index (χ2n) is 7.37. The van der Waals surface area contributed by atoms with Gasteiger partial charge in [-0.15, -0.1) is 0 Å². The number of H-pyrrole nitrogens is 1. The fourth-order valence-electron chi connectivity index (χ4n) is 3.49. The Morgan fingerprint density at radius 1 is 1.34 bits per heavy atom. The van der Waals surface area contributed by atoms with Gasteiger partial charge in [0.15, 0.2) is 0 Å². The molecule has 156 valence electrons. The van der Waals surface area contributed by atoms with Gasteiger partial charge in [-0.05, 0) is 24.5 Å². The van der Waals surface area contributed by atoms with E-state index in [2.05, 4.69) is 36.0 Å². The Hall–Kier alpha value is -2.39. The number of amides is 2. The molecule has 1 aliphatic heterocycles. The SMILES string of the molecule is COC(=O)NC(C(=O)N1CCC(O)[C@H]1c1nc(-c2ccc(Br)cc2)c[nH]1)C(C)C. The van der Waals surface area contributed by atoms with Crippen molar-refractivity contribution in [2.45, 2.75) is 38.5 Å². The number of methoxy groups -OCH3 is 1. The Kier molecular flexibility index (Phi) is 6.59. The summed E-state index contributed by atoms with van der Waals surface area (Å²) in [5.74, 6) is 0.102. The molecule has 1 fully saturated rings. The third-order valence-electron chi connectivity index (χ3n) is 5.06. The summed E-state index contributed by atoms with van der Waals surface area (Å²) >= 11 is 3.41. The van der Waals surface area contributed by atoms with Crippen LogP contribution in [-0.2, 0) is 9.53 Å². The minimum absolute atomic E-state index is 0.144. The first-order valence-corrected chi connectivity index (χ1v) is 10.3.